The van der Waals surface area contributed by atoms with Crippen molar-refractivity contribution in [2.24, 2.45) is 0 Å². The third kappa shape index (κ3) is 5.30. The maximum Gasteiger partial charge on any atom is 0.223 e. The molecule has 0 amide bonds. The smallest absolute Gasteiger partial charge is 0.223 e. The van der Waals surface area contributed by atoms with Gasteiger partial charge in [-0.2, -0.15) is 0 Å². The van der Waals surface area contributed by atoms with Crippen molar-refractivity contribution in [3.63, 3.8) is 0 Å². The van der Waals surface area contributed by atoms with Gasteiger partial charge in [0.2, 0.25) is 33.3 Å². The van der Waals surface area contributed by atoms with Gasteiger partial charge in [-0.3, -0.25) is 0 Å². The van der Waals surface area contributed by atoms with Crippen LogP contribution in [0.4, 0.5) is 0 Å². The van der Waals surface area contributed by atoms with Gasteiger partial charge in [-0.1, -0.05) is 121 Å². The fourth-order valence-electron chi connectivity index (χ4n) is 6.93. The van der Waals surface area contributed by atoms with E-state index >= 15 is 0 Å². The number of benzene rings is 4. The second kappa shape index (κ2) is 12.2. The maximum atomic E-state index is 6.89. The minimum Gasteiger partial charge on any atom is -0.416 e. The van der Waals surface area contributed by atoms with Crippen molar-refractivity contribution in [1.29, 1.82) is 0 Å². The number of rotatable bonds is 8. The molecule has 208 valence electrons. The van der Waals surface area contributed by atoms with E-state index in [1.807, 2.05) is 28.4 Å². The van der Waals surface area contributed by atoms with E-state index in [0.29, 0.717) is 0 Å². The Morgan fingerprint density at radius 2 is 0.500 bits per heavy atom. The average Bonchev–Trinajstić information content (AvgIpc) is 3.04. The molecule has 0 spiro atoms. The Kier molecular flexibility index (Phi) is 8.89. The van der Waals surface area contributed by atoms with Crippen molar-refractivity contribution in [1.82, 2.24) is 0 Å². The van der Waals surface area contributed by atoms with Crippen LogP contribution in [-0.4, -0.2) is 61.7 Å². The molecule has 0 saturated carbocycles. The van der Waals surface area contributed by atoms with Crippen molar-refractivity contribution in [3.8, 4) is 0 Å². The summed E-state index contributed by atoms with van der Waals surface area (Å²) in [6.07, 6.45) is 0. The highest BCUT2D eigenvalue weighted by Crippen LogP contribution is 2.41. The zero-order valence-electron chi connectivity index (χ0n) is 24.0. The molecule has 5 rings (SSSR count). The molecule has 0 bridgehead atoms. The molecule has 4 nitrogen and oxygen atoms in total. The van der Waals surface area contributed by atoms with Crippen molar-refractivity contribution in [3.05, 3.63) is 121 Å². The molecular formula is C32H40O4Si4. The highest BCUT2D eigenvalue weighted by Gasteiger charge is 2.63. The summed E-state index contributed by atoms with van der Waals surface area (Å²) in [6.45, 7) is 0. The minimum absolute atomic E-state index is 0.914. The van der Waals surface area contributed by atoms with Gasteiger partial charge in [-0.05, 0) is 43.4 Å². The first-order valence-corrected chi connectivity index (χ1v) is 23.2. The van der Waals surface area contributed by atoms with Gasteiger partial charge in [0.15, 0.2) is 0 Å². The fourth-order valence-corrected chi connectivity index (χ4v) is 43.5. The molecule has 1 aliphatic rings. The maximum absolute atomic E-state index is 6.89. The summed E-state index contributed by atoms with van der Waals surface area (Å²) in [7, 11) is -2.80. The van der Waals surface area contributed by atoms with Crippen LogP contribution in [0.5, 0.6) is 0 Å². The van der Waals surface area contributed by atoms with Crippen LogP contribution in [0.2, 0.25) is 22.7 Å². The van der Waals surface area contributed by atoms with E-state index < -0.39 is 33.3 Å². The van der Waals surface area contributed by atoms with Gasteiger partial charge in [0, 0.05) is 28.4 Å². The first-order chi connectivity index (χ1) is 19.5. The van der Waals surface area contributed by atoms with Gasteiger partial charge in [0.05, 0.1) is 0 Å². The molecule has 0 N–H and O–H groups in total. The van der Waals surface area contributed by atoms with Crippen molar-refractivity contribution in [2.45, 2.75) is 22.7 Å². The Bertz CT molecular complexity index is 1140. The molecule has 0 atom stereocenters. The molecule has 0 unspecified atom stereocenters. The van der Waals surface area contributed by atoms with E-state index in [1.54, 1.807) is 0 Å². The minimum atomic E-state index is -2.63. The standard InChI is InChI=1S/C32H40O4Si4/c1-33-37(29-17-9-5-10-18-29)25-38(34-2,30-19-11-6-12-20-30)27-40(36-4,32-23-15-8-16-24-32)28-39(26-37,35-3)31-21-13-7-14-22-31/h5-24H,25-28H2,1-4H3. The van der Waals surface area contributed by atoms with E-state index in [-0.39, 0.29) is 0 Å². The zero-order valence-corrected chi connectivity index (χ0v) is 28.0. The van der Waals surface area contributed by atoms with Gasteiger partial charge in [0.1, 0.15) is 0 Å². The molecule has 8 heteroatoms. The first-order valence-electron chi connectivity index (χ1n) is 13.9. The summed E-state index contributed by atoms with van der Waals surface area (Å²) in [5.41, 5.74) is 3.65. The molecule has 4 aromatic rings. The molecule has 1 aliphatic heterocycles. The van der Waals surface area contributed by atoms with E-state index in [9.17, 15) is 0 Å². The number of hydrogen-bond acceptors (Lipinski definition) is 4. The SMILES string of the molecule is CO[Si]1(c2ccccc2)C[Si](OC)(c2ccccc2)C[Si](OC)(c2ccccc2)C[Si](OC)(c2ccccc2)C1. The van der Waals surface area contributed by atoms with Gasteiger partial charge >= 0.3 is 0 Å². The average molecular weight is 601 g/mol. The van der Waals surface area contributed by atoms with Gasteiger partial charge in [0.25, 0.3) is 0 Å². The lowest BCUT2D eigenvalue weighted by Crippen LogP contribution is -2.75. The predicted molar refractivity (Wildman–Crippen MR) is 175 cm³/mol. The molecule has 0 aliphatic carbocycles. The summed E-state index contributed by atoms with van der Waals surface area (Å²) < 4.78 is 27.6. The highest BCUT2D eigenvalue weighted by atomic mass is 28.5. The number of hydrogen-bond donors (Lipinski definition) is 0. The molecular weight excluding hydrogens is 561 g/mol. The summed E-state index contributed by atoms with van der Waals surface area (Å²) in [4.78, 5) is 0. The Balaban J connectivity index is 1.83. The Labute approximate surface area is 243 Å². The van der Waals surface area contributed by atoms with E-state index in [1.165, 1.54) is 20.7 Å². The van der Waals surface area contributed by atoms with Crippen LogP contribution in [-0.2, 0) is 17.7 Å². The third-order valence-electron chi connectivity index (χ3n) is 9.05. The van der Waals surface area contributed by atoms with Crippen LogP contribution in [0.3, 0.4) is 0 Å². The molecule has 0 aromatic heterocycles. The van der Waals surface area contributed by atoms with E-state index in [4.69, 9.17) is 17.7 Å². The van der Waals surface area contributed by atoms with Crippen LogP contribution in [0, 0.1) is 0 Å². The molecule has 40 heavy (non-hydrogen) atoms. The zero-order chi connectivity index (χ0) is 28.1. The van der Waals surface area contributed by atoms with Crippen LogP contribution < -0.4 is 20.7 Å². The third-order valence-corrected chi connectivity index (χ3v) is 36.0. The van der Waals surface area contributed by atoms with E-state index in [0.717, 1.165) is 22.7 Å². The van der Waals surface area contributed by atoms with Crippen LogP contribution >= 0.6 is 0 Å². The fraction of sp³-hybridized carbons (Fsp3) is 0.250. The lowest BCUT2D eigenvalue weighted by molar-refractivity contribution is 0.369. The van der Waals surface area contributed by atoms with Gasteiger partial charge in [-0.25, -0.2) is 0 Å². The van der Waals surface area contributed by atoms with Crippen molar-refractivity contribution < 1.29 is 17.7 Å². The Hall–Kier alpha value is -2.41. The summed E-state index contributed by atoms with van der Waals surface area (Å²) in [6, 6.07) is 43.8. The van der Waals surface area contributed by atoms with Crippen LogP contribution in [0.25, 0.3) is 0 Å². The molecule has 1 heterocycles. The quantitative estimate of drug-likeness (QED) is 0.285. The van der Waals surface area contributed by atoms with Crippen LogP contribution in [0.1, 0.15) is 0 Å². The molecule has 1 saturated heterocycles. The lowest BCUT2D eigenvalue weighted by Gasteiger charge is -2.51. The summed E-state index contributed by atoms with van der Waals surface area (Å²) in [5.74, 6) is 0. The first kappa shape index (κ1) is 29.1. The lowest BCUT2D eigenvalue weighted by atomic mass is 10.4. The second-order valence-electron chi connectivity index (χ2n) is 11.0. The predicted octanol–water partition coefficient (Wildman–Crippen LogP) is 4.15. The Morgan fingerprint density at radius 1 is 0.325 bits per heavy atom. The summed E-state index contributed by atoms with van der Waals surface area (Å²) in [5, 5.41) is 5.27. The summed E-state index contributed by atoms with van der Waals surface area (Å²) >= 11 is 0. The van der Waals surface area contributed by atoms with Crippen molar-refractivity contribution >= 4 is 54.0 Å². The topological polar surface area (TPSA) is 36.9 Å². The van der Waals surface area contributed by atoms with E-state index in [2.05, 4.69) is 121 Å². The molecule has 1 fully saturated rings. The van der Waals surface area contributed by atoms with Gasteiger partial charge < -0.3 is 17.7 Å². The highest BCUT2D eigenvalue weighted by molar-refractivity contribution is 7.19. The van der Waals surface area contributed by atoms with Crippen molar-refractivity contribution in [2.75, 3.05) is 28.4 Å². The molecule has 0 radical (unpaired) electrons. The normalized spacial score (nSPS) is 28.9. The van der Waals surface area contributed by atoms with Gasteiger partial charge in [-0.15, -0.1) is 0 Å². The largest absolute Gasteiger partial charge is 0.416 e. The van der Waals surface area contributed by atoms with Crippen LogP contribution in [0.15, 0.2) is 121 Å². The second-order valence-corrected chi connectivity index (χ2v) is 28.5. The Morgan fingerprint density at radius 3 is 0.650 bits per heavy atom. The molecule has 4 aromatic carbocycles. The monoisotopic (exact) mass is 600 g/mol.